The van der Waals surface area contributed by atoms with Crippen molar-refractivity contribution in [2.24, 2.45) is 0 Å². The minimum atomic E-state index is 0.938. The second-order valence-electron chi connectivity index (χ2n) is 14.8. The van der Waals surface area contributed by atoms with E-state index in [9.17, 15) is 0 Å². The number of allylic oxidation sites excluding steroid dienone is 1. The highest BCUT2D eigenvalue weighted by atomic mass is 15.0. The summed E-state index contributed by atoms with van der Waals surface area (Å²) in [4.78, 5) is 10.0. The Bertz CT molecular complexity index is 3430. The van der Waals surface area contributed by atoms with E-state index in [1.165, 1.54) is 71.3 Å². The van der Waals surface area contributed by atoms with Crippen LogP contribution in [0.25, 0.3) is 110 Å². The van der Waals surface area contributed by atoms with Gasteiger partial charge in [0.15, 0.2) is 0 Å². The first kappa shape index (κ1) is 30.4. The number of para-hydroxylation sites is 2. The zero-order valence-electron chi connectivity index (χ0n) is 30.0. The molecule has 0 saturated carbocycles. The lowest BCUT2D eigenvalue weighted by Crippen LogP contribution is -1.96. The van der Waals surface area contributed by atoms with E-state index in [0.29, 0.717) is 0 Å². The monoisotopic (exact) mass is 699 g/mol. The van der Waals surface area contributed by atoms with Crippen molar-refractivity contribution in [1.82, 2.24) is 14.4 Å². The maximum Gasteiger partial charge on any atom is 0.147 e. The van der Waals surface area contributed by atoms with Crippen molar-refractivity contribution in [3.63, 3.8) is 0 Å². The van der Waals surface area contributed by atoms with Gasteiger partial charge in [-0.3, -0.25) is 9.38 Å². The highest BCUT2D eigenvalue weighted by Gasteiger charge is 2.21. The fourth-order valence-electron chi connectivity index (χ4n) is 9.34. The van der Waals surface area contributed by atoms with Gasteiger partial charge in [0, 0.05) is 17.0 Å². The zero-order chi connectivity index (χ0) is 36.0. The Morgan fingerprint density at radius 2 is 1.22 bits per heavy atom. The van der Waals surface area contributed by atoms with Gasteiger partial charge in [-0.15, -0.1) is 0 Å². The summed E-state index contributed by atoms with van der Waals surface area (Å²) in [5.41, 5.74) is 15.3. The lowest BCUT2D eigenvalue weighted by molar-refractivity contribution is 0.986. The van der Waals surface area contributed by atoms with Crippen LogP contribution in [0.1, 0.15) is 17.5 Å². The van der Waals surface area contributed by atoms with Gasteiger partial charge in [0.25, 0.3) is 0 Å². The number of fused-ring (bicyclic) bond motifs is 12. The molecule has 0 unspecified atom stereocenters. The lowest BCUT2D eigenvalue weighted by atomic mass is 9.83. The predicted molar refractivity (Wildman–Crippen MR) is 232 cm³/mol. The van der Waals surface area contributed by atoms with E-state index in [2.05, 4.69) is 168 Å². The van der Waals surface area contributed by atoms with E-state index in [4.69, 9.17) is 9.97 Å². The molecule has 0 saturated heterocycles. The van der Waals surface area contributed by atoms with Crippen LogP contribution in [0, 0.1) is 0 Å². The van der Waals surface area contributed by atoms with E-state index in [0.717, 1.165) is 56.9 Å². The fraction of sp³-hybridized carbons (Fsp3) is 0.0385. The van der Waals surface area contributed by atoms with Crippen molar-refractivity contribution >= 4 is 76.9 Å². The molecular weight excluding hydrogens is 667 g/mol. The van der Waals surface area contributed by atoms with Gasteiger partial charge in [0.2, 0.25) is 0 Å². The molecule has 256 valence electrons. The first-order valence-electron chi connectivity index (χ1n) is 19.1. The Kier molecular flexibility index (Phi) is 6.46. The molecule has 0 atom stereocenters. The molecule has 1 aliphatic carbocycles. The van der Waals surface area contributed by atoms with Gasteiger partial charge in [0.05, 0.1) is 22.1 Å². The average molecular weight is 700 g/mol. The van der Waals surface area contributed by atoms with E-state index < -0.39 is 0 Å². The van der Waals surface area contributed by atoms with Crippen LogP contribution in [0.2, 0.25) is 0 Å². The number of hydrogen-bond donors (Lipinski definition) is 0. The van der Waals surface area contributed by atoms with Crippen LogP contribution in [-0.4, -0.2) is 14.4 Å². The van der Waals surface area contributed by atoms with E-state index >= 15 is 0 Å². The summed E-state index contributed by atoms with van der Waals surface area (Å²) < 4.78 is 2.30. The molecular formula is C52H33N3. The Balaban J connectivity index is 1.18. The second-order valence-corrected chi connectivity index (χ2v) is 14.8. The van der Waals surface area contributed by atoms with Crippen LogP contribution in [0.5, 0.6) is 0 Å². The summed E-state index contributed by atoms with van der Waals surface area (Å²) in [7, 11) is 0. The SMILES string of the molecule is C1=Cc2ccc(-c3c4ccccc4c(-c4cccc5ccccc45)c4ccc(-c5ccc6c(c5)c5ncccc5c5nc7ccccc7n65)cc34)cc2CC1. The largest absolute Gasteiger partial charge is 0.292 e. The van der Waals surface area contributed by atoms with Crippen LogP contribution in [0.3, 0.4) is 0 Å². The molecule has 3 aromatic heterocycles. The van der Waals surface area contributed by atoms with Crippen molar-refractivity contribution in [3.8, 4) is 33.4 Å². The van der Waals surface area contributed by atoms with Crippen LogP contribution in [-0.2, 0) is 6.42 Å². The molecule has 1 aliphatic rings. The number of aromatic nitrogens is 3. The van der Waals surface area contributed by atoms with Crippen molar-refractivity contribution in [1.29, 1.82) is 0 Å². The summed E-state index contributed by atoms with van der Waals surface area (Å²) in [6, 6.07) is 58.1. The summed E-state index contributed by atoms with van der Waals surface area (Å²) in [5.74, 6) is 0. The van der Waals surface area contributed by atoms with Crippen molar-refractivity contribution in [2.45, 2.75) is 12.8 Å². The molecule has 0 fully saturated rings. The molecule has 11 aromatic rings. The Morgan fingerprint density at radius 1 is 0.491 bits per heavy atom. The molecule has 0 spiro atoms. The predicted octanol–water partition coefficient (Wildman–Crippen LogP) is 13.6. The highest BCUT2D eigenvalue weighted by molar-refractivity contribution is 6.24. The summed E-state index contributed by atoms with van der Waals surface area (Å²) in [6.07, 6.45) is 8.60. The van der Waals surface area contributed by atoms with Gasteiger partial charge in [0.1, 0.15) is 5.65 Å². The summed E-state index contributed by atoms with van der Waals surface area (Å²) >= 11 is 0. The third-order valence-electron chi connectivity index (χ3n) is 11.8. The molecule has 3 heteroatoms. The van der Waals surface area contributed by atoms with Crippen molar-refractivity contribution in [2.75, 3.05) is 0 Å². The van der Waals surface area contributed by atoms with Crippen LogP contribution in [0.15, 0.2) is 170 Å². The van der Waals surface area contributed by atoms with Gasteiger partial charge in [-0.05, 0) is 132 Å². The molecule has 55 heavy (non-hydrogen) atoms. The zero-order valence-corrected chi connectivity index (χ0v) is 30.0. The van der Waals surface area contributed by atoms with E-state index in [1.807, 2.05) is 12.3 Å². The quantitative estimate of drug-likeness (QED) is 0.136. The standard InChI is InChI=1S/C52H33N3/c1-2-13-34-29-37(23-22-32(34)11-1)49-40-16-5-6-17-41(40)50(39-18-9-14-33-12-3-4-15-38(33)39)42-26-24-35(30-44(42)49)36-25-27-47-45(31-36)51-43(19-10-28-53-51)52-54-46-20-7-8-21-48(46)55(47)52/h1,3-12,14-31H,2,13H2. The molecule has 12 rings (SSSR count). The molecule has 0 bridgehead atoms. The third kappa shape index (κ3) is 4.50. The van der Waals surface area contributed by atoms with Gasteiger partial charge in [-0.1, -0.05) is 127 Å². The number of aryl methyl sites for hydroxylation is 1. The topological polar surface area (TPSA) is 30.2 Å². The van der Waals surface area contributed by atoms with Crippen LogP contribution >= 0.6 is 0 Å². The Morgan fingerprint density at radius 3 is 2.15 bits per heavy atom. The van der Waals surface area contributed by atoms with Crippen molar-refractivity contribution < 1.29 is 0 Å². The first-order chi connectivity index (χ1) is 27.3. The van der Waals surface area contributed by atoms with E-state index in [-0.39, 0.29) is 0 Å². The third-order valence-corrected chi connectivity index (χ3v) is 11.8. The Labute approximate surface area is 317 Å². The maximum atomic E-state index is 5.07. The minimum absolute atomic E-state index is 0.938. The second kappa shape index (κ2) is 11.7. The lowest BCUT2D eigenvalue weighted by Gasteiger charge is -2.21. The van der Waals surface area contributed by atoms with Crippen LogP contribution in [0.4, 0.5) is 0 Å². The molecule has 3 nitrogen and oxygen atoms in total. The Hall–Kier alpha value is -7.10. The van der Waals surface area contributed by atoms with Gasteiger partial charge in [-0.25, -0.2) is 4.98 Å². The number of pyridine rings is 2. The number of hydrogen-bond acceptors (Lipinski definition) is 2. The maximum absolute atomic E-state index is 5.07. The number of imidazole rings is 1. The van der Waals surface area contributed by atoms with Gasteiger partial charge < -0.3 is 0 Å². The molecule has 8 aromatic carbocycles. The first-order valence-corrected chi connectivity index (χ1v) is 19.1. The fourth-order valence-corrected chi connectivity index (χ4v) is 9.34. The average Bonchev–Trinajstić information content (AvgIpc) is 3.65. The number of nitrogens with zero attached hydrogens (tertiary/aromatic N) is 3. The summed E-state index contributed by atoms with van der Waals surface area (Å²) in [6.45, 7) is 0. The molecule has 3 heterocycles. The molecule has 0 radical (unpaired) electrons. The molecule has 0 aliphatic heterocycles. The molecule has 0 N–H and O–H groups in total. The summed E-state index contributed by atoms with van der Waals surface area (Å²) in [5, 5.41) is 9.73. The minimum Gasteiger partial charge on any atom is -0.292 e. The van der Waals surface area contributed by atoms with Crippen molar-refractivity contribution in [3.05, 3.63) is 181 Å². The number of rotatable bonds is 3. The highest BCUT2D eigenvalue weighted by Crippen LogP contribution is 2.47. The van der Waals surface area contributed by atoms with Crippen LogP contribution < -0.4 is 0 Å². The van der Waals surface area contributed by atoms with E-state index in [1.54, 1.807) is 0 Å². The number of benzene rings is 8. The molecule has 0 amide bonds. The van der Waals surface area contributed by atoms with Gasteiger partial charge in [-0.2, -0.15) is 0 Å². The normalized spacial score (nSPS) is 12.9. The van der Waals surface area contributed by atoms with Gasteiger partial charge >= 0.3 is 0 Å². The smallest absolute Gasteiger partial charge is 0.147 e.